The van der Waals surface area contributed by atoms with Gasteiger partial charge in [-0.15, -0.1) is 0 Å². The van der Waals surface area contributed by atoms with Gasteiger partial charge in [0.25, 0.3) is 0 Å². The number of nitrogens with zero attached hydrogens (tertiary/aromatic N) is 2. The fraction of sp³-hybridized carbons (Fsp3) is 0.611. The largest absolute Gasteiger partial charge is 0.351 e. The van der Waals surface area contributed by atoms with Gasteiger partial charge in [-0.3, -0.25) is 14.5 Å². The van der Waals surface area contributed by atoms with Crippen LogP contribution in [0.5, 0.6) is 0 Å². The smallest absolute Gasteiger partial charge is 0.234 e. The fourth-order valence-electron chi connectivity index (χ4n) is 3.57. The minimum Gasteiger partial charge on any atom is -0.351 e. The maximum absolute atomic E-state index is 12.4. The number of carbonyl (C=O) groups excluding carboxylic acids is 2. The van der Waals surface area contributed by atoms with Crippen molar-refractivity contribution >= 4 is 27.5 Å². The Hall–Kier alpha value is -2.00. The summed E-state index contributed by atoms with van der Waals surface area (Å²) in [4.78, 5) is 30.7. The van der Waals surface area contributed by atoms with Crippen LogP contribution >= 0.6 is 0 Å². The number of hydrogen-bond acceptors (Lipinski definition) is 6. The van der Waals surface area contributed by atoms with Gasteiger partial charge in [0.2, 0.25) is 11.8 Å². The number of sulfone groups is 1. The van der Waals surface area contributed by atoms with E-state index < -0.39 is 9.84 Å². The Morgan fingerprint density at radius 1 is 1.26 bits per heavy atom. The maximum atomic E-state index is 12.4. The molecule has 3 rings (SSSR count). The third-order valence-corrected chi connectivity index (χ3v) is 6.86. The van der Waals surface area contributed by atoms with Gasteiger partial charge in [-0.1, -0.05) is 0 Å². The van der Waals surface area contributed by atoms with Gasteiger partial charge in [0.15, 0.2) is 9.84 Å². The molecule has 0 aliphatic carbocycles. The van der Waals surface area contributed by atoms with Gasteiger partial charge in [-0.25, -0.2) is 13.4 Å². The number of carbonyl (C=O) groups is 2. The number of likely N-dealkylation sites (tertiary alicyclic amines) is 1. The number of piperidine rings is 1. The van der Waals surface area contributed by atoms with E-state index >= 15 is 0 Å². The Labute approximate surface area is 159 Å². The van der Waals surface area contributed by atoms with E-state index in [0.717, 1.165) is 5.56 Å². The monoisotopic (exact) mass is 394 g/mol. The third kappa shape index (κ3) is 5.74. The molecule has 0 saturated carbocycles. The molecular formula is C18H26N4O4S. The summed E-state index contributed by atoms with van der Waals surface area (Å²) >= 11 is 0. The molecule has 148 valence electrons. The topological polar surface area (TPSA) is 108 Å². The summed E-state index contributed by atoms with van der Waals surface area (Å²) in [6, 6.07) is 3.44. The second-order valence-electron chi connectivity index (χ2n) is 7.43. The van der Waals surface area contributed by atoms with Crippen molar-refractivity contribution in [3.63, 3.8) is 0 Å². The van der Waals surface area contributed by atoms with Crippen LogP contribution in [0.15, 0.2) is 18.3 Å². The van der Waals surface area contributed by atoms with Crippen LogP contribution in [0.3, 0.4) is 0 Å². The first-order chi connectivity index (χ1) is 12.8. The van der Waals surface area contributed by atoms with Gasteiger partial charge in [-0.2, -0.15) is 0 Å². The van der Waals surface area contributed by atoms with Gasteiger partial charge >= 0.3 is 0 Å². The van der Waals surface area contributed by atoms with Crippen LogP contribution in [0.2, 0.25) is 0 Å². The van der Waals surface area contributed by atoms with Crippen LogP contribution in [-0.4, -0.2) is 67.3 Å². The first kappa shape index (κ1) is 19.8. The van der Waals surface area contributed by atoms with E-state index in [2.05, 4.69) is 15.6 Å². The molecule has 0 radical (unpaired) electrons. The number of rotatable bonds is 5. The lowest BCUT2D eigenvalue weighted by atomic mass is 9.96. The molecule has 8 nitrogen and oxygen atoms in total. The Morgan fingerprint density at radius 3 is 2.63 bits per heavy atom. The summed E-state index contributed by atoms with van der Waals surface area (Å²) in [5, 5.41) is 5.67. The zero-order chi connectivity index (χ0) is 19.4. The van der Waals surface area contributed by atoms with Crippen molar-refractivity contribution in [2.24, 2.45) is 5.92 Å². The molecule has 1 aromatic rings. The summed E-state index contributed by atoms with van der Waals surface area (Å²) in [6.07, 6.45) is 3.52. The van der Waals surface area contributed by atoms with Crippen molar-refractivity contribution in [3.8, 4) is 0 Å². The Balaban J connectivity index is 1.40. The van der Waals surface area contributed by atoms with Crippen molar-refractivity contribution in [1.29, 1.82) is 0 Å². The Kier molecular flexibility index (Phi) is 6.11. The average molecular weight is 394 g/mol. The predicted molar refractivity (Wildman–Crippen MR) is 102 cm³/mol. The molecule has 2 saturated heterocycles. The van der Waals surface area contributed by atoms with Gasteiger partial charge < -0.3 is 10.6 Å². The van der Waals surface area contributed by atoms with E-state index in [0.29, 0.717) is 38.2 Å². The molecule has 2 amide bonds. The van der Waals surface area contributed by atoms with Crippen molar-refractivity contribution in [1.82, 2.24) is 15.2 Å². The highest BCUT2D eigenvalue weighted by Gasteiger charge is 2.30. The van der Waals surface area contributed by atoms with Gasteiger partial charge in [0.05, 0.1) is 18.1 Å². The first-order valence-corrected chi connectivity index (χ1v) is 11.1. The lowest BCUT2D eigenvalue weighted by Gasteiger charge is -2.30. The lowest BCUT2D eigenvalue weighted by Crippen LogP contribution is -2.46. The SMILES string of the molecule is Cc1ccnc(NC(=O)C2CCN(CC(=O)NC3CCS(=O)(=O)C3)CC2)c1. The molecule has 9 heteroatoms. The minimum absolute atomic E-state index is 0.0339. The van der Waals surface area contributed by atoms with E-state index in [1.807, 2.05) is 24.0 Å². The highest BCUT2D eigenvalue weighted by molar-refractivity contribution is 7.91. The van der Waals surface area contributed by atoms with Gasteiger partial charge in [-0.05, 0) is 57.0 Å². The van der Waals surface area contributed by atoms with E-state index in [1.54, 1.807) is 6.20 Å². The lowest BCUT2D eigenvalue weighted by molar-refractivity contribution is -0.123. The van der Waals surface area contributed by atoms with Crippen LogP contribution in [0.1, 0.15) is 24.8 Å². The van der Waals surface area contributed by atoms with Crippen LogP contribution in [0.25, 0.3) is 0 Å². The summed E-state index contributed by atoms with van der Waals surface area (Å²) in [5.41, 5.74) is 1.04. The van der Waals surface area contributed by atoms with Crippen LogP contribution in [-0.2, 0) is 19.4 Å². The molecule has 0 aromatic carbocycles. The zero-order valence-corrected chi connectivity index (χ0v) is 16.3. The second-order valence-corrected chi connectivity index (χ2v) is 9.65. The van der Waals surface area contributed by atoms with E-state index in [1.165, 1.54) is 0 Å². The van der Waals surface area contributed by atoms with Crippen molar-refractivity contribution in [2.45, 2.75) is 32.2 Å². The van der Waals surface area contributed by atoms with E-state index in [9.17, 15) is 18.0 Å². The number of anilines is 1. The normalized spacial score (nSPS) is 23.1. The number of hydrogen-bond donors (Lipinski definition) is 2. The molecular weight excluding hydrogens is 368 g/mol. The molecule has 2 N–H and O–H groups in total. The summed E-state index contributed by atoms with van der Waals surface area (Å²) in [6.45, 7) is 3.51. The Morgan fingerprint density at radius 2 is 2.00 bits per heavy atom. The van der Waals surface area contributed by atoms with Gasteiger partial charge in [0.1, 0.15) is 5.82 Å². The molecule has 2 fully saturated rings. The predicted octanol–water partition coefficient (Wildman–Crippen LogP) is 0.344. The van der Waals surface area contributed by atoms with Crippen molar-refractivity contribution in [3.05, 3.63) is 23.9 Å². The van der Waals surface area contributed by atoms with Crippen LogP contribution in [0.4, 0.5) is 5.82 Å². The molecule has 1 unspecified atom stereocenters. The first-order valence-electron chi connectivity index (χ1n) is 9.26. The van der Waals surface area contributed by atoms with Gasteiger partial charge in [0, 0.05) is 18.2 Å². The molecule has 27 heavy (non-hydrogen) atoms. The number of nitrogens with one attached hydrogen (secondary N) is 2. The summed E-state index contributed by atoms with van der Waals surface area (Å²) < 4.78 is 22.9. The third-order valence-electron chi connectivity index (χ3n) is 5.09. The van der Waals surface area contributed by atoms with E-state index in [-0.39, 0.29) is 41.8 Å². The molecule has 1 aromatic heterocycles. The number of aromatic nitrogens is 1. The number of pyridine rings is 1. The second kappa shape index (κ2) is 8.35. The quantitative estimate of drug-likeness (QED) is 0.746. The van der Waals surface area contributed by atoms with Crippen molar-refractivity contribution in [2.75, 3.05) is 36.5 Å². The zero-order valence-electron chi connectivity index (χ0n) is 15.5. The number of aryl methyl sites for hydroxylation is 1. The highest BCUT2D eigenvalue weighted by Crippen LogP contribution is 2.19. The Bertz CT molecular complexity index is 803. The summed E-state index contributed by atoms with van der Waals surface area (Å²) in [5.74, 6) is 0.472. The number of amides is 2. The highest BCUT2D eigenvalue weighted by atomic mass is 32.2. The minimum atomic E-state index is -3.00. The van der Waals surface area contributed by atoms with Crippen molar-refractivity contribution < 1.29 is 18.0 Å². The standard InChI is InChI=1S/C18H26N4O4S/c1-13-2-6-19-16(10-13)21-18(24)14-3-7-22(8-4-14)11-17(23)20-15-5-9-27(25,26)12-15/h2,6,10,14-15H,3-5,7-9,11-12H2,1H3,(H,20,23)(H,19,21,24). The molecule has 3 heterocycles. The molecule has 0 spiro atoms. The van der Waals surface area contributed by atoms with Crippen LogP contribution in [0, 0.1) is 12.8 Å². The molecule has 2 aliphatic rings. The molecule has 0 bridgehead atoms. The summed E-state index contributed by atoms with van der Waals surface area (Å²) in [7, 11) is -3.00. The fourth-order valence-corrected chi connectivity index (χ4v) is 5.24. The average Bonchev–Trinajstić information content (AvgIpc) is 2.93. The molecule has 2 aliphatic heterocycles. The molecule has 1 atom stereocenters. The van der Waals surface area contributed by atoms with Crippen LogP contribution < -0.4 is 10.6 Å². The van der Waals surface area contributed by atoms with E-state index in [4.69, 9.17) is 0 Å². The maximum Gasteiger partial charge on any atom is 0.234 e.